The summed E-state index contributed by atoms with van der Waals surface area (Å²) in [4.78, 5) is 4.05. The molecule has 0 saturated carbocycles. The monoisotopic (exact) mass is 364 g/mol. The van der Waals surface area contributed by atoms with Crippen LogP contribution in [-0.4, -0.2) is 13.4 Å². The Balaban J connectivity index is 2.07. The van der Waals surface area contributed by atoms with Gasteiger partial charge in [-0.2, -0.15) is 0 Å². The highest BCUT2D eigenvalue weighted by atomic mass is 35.5. The predicted octanol–water partition coefficient (Wildman–Crippen LogP) is 4.19. The number of thiophene rings is 1. The van der Waals surface area contributed by atoms with Crippen molar-refractivity contribution in [2.45, 2.75) is 10.8 Å². The van der Waals surface area contributed by atoms with Crippen molar-refractivity contribution in [1.29, 1.82) is 0 Å². The fourth-order valence-corrected chi connectivity index (χ4v) is 4.86. The van der Waals surface area contributed by atoms with E-state index in [1.807, 2.05) is 6.07 Å². The van der Waals surface area contributed by atoms with Crippen LogP contribution in [0.2, 0.25) is 5.02 Å². The van der Waals surface area contributed by atoms with Gasteiger partial charge < -0.3 is 0 Å². The van der Waals surface area contributed by atoms with E-state index in [4.69, 9.17) is 11.6 Å². The zero-order valence-electron chi connectivity index (χ0n) is 12.0. The molecule has 7 heteroatoms. The molecule has 0 spiro atoms. The Labute approximate surface area is 144 Å². The summed E-state index contributed by atoms with van der Waals surface area (Å²) in [6.45, 7) is 0.189. The number of anilines is 1. The predicted molar refractivity (Wildman–Crippen MR) is 93.4 cm³/mol. The van der Waals surface area contributed by atoms with Crippen LogP contribution >= 0.6 is 22.9 Å². The Morgan fingerprint density at radius 3 is 2.65 bits per heavy atom. The zero-order chi connectivity index (χ0) is 16.3. The SMILES string of the molecule is O=S(=O)(c1cccs1)N(Cc1cccnc1)c1cccc(Cl)c1. The second-order valence-electron chi connectivity index (χ2n) is 4.78. The molecular weight excluding hydrogens is 352 g/mol. The summed E-state index contributed by atoms with van der Waals surface area (Å²) in [5, 5.41) is 2.23. The number of benzene rings is 1. The molecule has 0 aliphatic rings. The lowest BCUT2D eigenvalue weighted by atomic mass is 10.2. The molecule has 2 aromatic heterocycles. The largest absolute Gasteiger partial charge is 0.274 e. The number of hydrogen-bond donors (Lipinski definition) is 0. The average Bonchev–Trinajstić information content (AvgIpc) is 3.09. The number of nitrogens with zero attached hydrogens (tertiary/aromatic N) is 2. The Kier molecular flexibility index (Phi) is 4.66. The molecule has 0 bridgehead atoms. The molecule has 2 heterocycles. The van der Waals surface area contributed by atoms with Gasteiger partial charge in [-0.05, 0) is 41.3 Å². The first-order chi connectivity index (χ1) is 11.1. The summed E-state index contributed by atoms with van der Waals surface area (Å²) in [5.74, 6) is 0. The van der Waals surface area contributed by atoms with Crippen molar-refractivity contribution in [3.05, 3.63) is 76.9 Å². The lowest BCUT2D eigenvalue weighted by molar-refractivity contribution is 0.592. The molecule has 0 N–H and O–H groups in total. The van der Waals surface area contributed by atoms with E-state index in [9.17, 15) is 8.42 Å². The molecule has 0 atom stereocenters. The third-order valence-electron chi connectivity index (χ3n) is 3.18. The van der Waals surface area contributed by atoms with Crippen LogP contribution in [0, 0.1) is 0 Å². The Hall–Kier alpha value is -1.89. The van der Waals surface area contributed by atoms with Crippen molar-refractivity contribution in [1.82, 2.24) is 4.98 Å². The quantitative estimate of drug-likeness (QED) is 0.682. The van der Waals surface area contributed by atoms with Gasteiger partial charge in [0.1, 0.15) is 4.21 Å². The van der Waals surface area contributed by atoms with Crippen LogP contribution in [0.4, 0.5) is 5.69 Å². The lowest BCUT2D eigenvalue weighted by Gasteiger charge is -2.24. The Morgan fingerprint density at radius 1 is 1.13 bits per heavy atom. The van der Waals surface area contributed by atoms with Crippen LogP contribution in [0.5, 0.6) is 0 Å². The molecule has 3 rings (SSSR count). The van der Waals surface area contributed by atoms with Crippen LogP contribution in [0.25, 0.3) is 0 Å². The Bertz CT molecular complexity index is 881. The first-order valence-electron chi connectivity index (χ1n) is 6.78. The summed E-state index contributed by atoms with van der Waals surface area (Å²) in [6, 6.07) is 13.8. The summed E-state index contributed by atoms with van der Waals surface area (Å²) >= 11 is 7.23. The molecule has 0 aliphatic carbocycles. The topological polar surface area (TPSA) is 50.3 Å². The van der Waals surface area contributed by atoms with Gasteiger partial charge in [0.25, 0.3) is 10.0 Å². The average molecular weight is 365 g/mol. The molecule has 23 heavy (non-hydrogen) atoms. The summed E-state index contributed by atoms with van der Waals surface area (Å²) in [5.41, 5.74) is 1.32. The van der Waals surface area contributed by atoms with Crippen molar-refractivity contribution in [2.75, 3.05) is 4.31 Å². The number of sulfonamides is 1. The van der Waals surface area contributed by atoms with Crippen molar-refractivity contribution in [3.8, 4) is 0 Å². The van der Waals surface area contributed by atoms with Crippen LogP contribution < -0.4 is 4.31 Å². The van der Waals surface area contributed by atoms with E-state index in [1.165, 1.54) is 15.6 Å². The minimum atomic E-state index is -3.66. The van der Waals surface area contributed by atoms with E-state index < -0.39 is 10.0 Å². The van der Waals surface area contributed by atoms with E-state index in [0.717, 1.165) is 5.56 Å². The van der Waals surface area contributed by atoms with Crippen LogP contribution in [0.1, 0.15) is 5.56 Å². The third-order valence-corrected chi connectivity index (χ3v) is 6.57. The second kappa shape index (κ2) is 6.70. The zero-order valence-corrected chi connectivity index (χ0v) is 14.4. The normalized spacial score (nSPS) is 11.3. The number of pyridine rings is 1. The molecule has 0 radical (unpaired) electrons. The molecule has 0 fully saturated rings. The number of rotatable bonds is 5. The van der Waals surface area contributed by atoms with Gasteiger partial charge in [-0.15, -0.1) is 11.3 Å². The number of aromatic nitrogens is 1. The standard InChI is InChI=1S/C16H13ClN2O2S2/c17-14-5-1-6-15(10-14)19(12-13-4-2-8-18-11-13)23(20,21)16-7-3-9-22-16/h1-11H,12H2. The first-order valence-corrected chi connectivity index (χ1v) is 9.48. The van der Waals surface area contributed by atoms with Crippen molar-refractivity contribution in [3.63, 3.8) is 0 Å². The first kappa shape index (κ1) is 16.0. The van der Waals surface area contributed by atoms with Gasteiger partial charge in [-0.1, -0.05) is 29.8 Å². The molecule has 3 aromatic rings. The number of halogens is 1. The Morgan fingerprint density at radius 2 is 2.00 bits per heavy atom. The highest BCUT2D eigenvalue weighted by Gasteiger charge is 2.26. The fraction of sp³-hybridized carbons (Fsp3) is 0.0625. The molecule has 1 aromatic carbocycles. The maximum absolute atomic E-state index is 13.0. The van der Waals surface area contributed by atoms with Gasteiger partial charge in [0, 0.05) is 17.4 Å². The highest BCUT2D eigenvalue weighted by Crippen LogP contribution is 2.29. The number of hydrogen-bond acceptors (Lipinski definition) is 4. The summed E-state index contributed by atoms with van der Waals surface area (Å²) in [7, 11) is -3.66. The highest BCUT2D eigenvalue weighted by molar-refractivity contribution is 7.94. The van der Waals surface area contributed by atoms with E-state index in [-0.39, 0.29) is 6.54 Å². The van der Waals surface area contributed by atoms with Crippen molar-refractivity contribution < 1.29 is 8.42 Å². The molecule has 118 valence electrons. The van der Waals surface area contributed by atoms with Gasteiger partial charge in [0.2, 0.25) is 0 Å². The summed E-state index contributed by atoms with van der Waals surface area (Å²) < 4.78 is 27.6. The maximum Gasteiger partial charge on any atom is 0.274 e. The fourth-order valence-electron chi connectivity index (χ4n) is 2.12. The van der Waals surface area contributed by atoms with E-state index >= 15 is 0 Å². The molecule has 0 amide bonds. The van der Waals surface area contributed by atoms with Crippen LogP contribution in [0.15, 0.2) is 70.5 Å². The smallest absolute Gasteiger partial charge is 0.264 e. The van der Waals surface area contributed by atoms with Gasteiger partial charge in [-0.3, -0.25) is 9.29 Å². The molecule has 0 saturated heterocycles. The van der Waals surface area contributed by atoms with Crippen LogP contribution in [0.3, 0.4) is 0 Å². The van der Waals surface area contributed by atoms with E-state index in [0.29, 0.717) is 14.9 Å². The lowest BCUT2D eigenvalue weighted by Crippen LogP contribution is -2.30. The van der Waals surface area contributed by atoms with E-state index in [2.05, 4.69) is 4.98 Å². The van der Waals surface area contributed by atoms with Gasteiger partial charge in [0.15, 0.2) is 0 Å². The molecule has 4 nitrogen and oxygen atoms in total. The maximum atomic E-state index is 13.0. The minimum Gasteiger partial charge on any atom is -0.264 e. The van der Waals surface area contributed by atoms with Crippen LogP contribution in [-0.2, 0) is 16.6 Å². The summed E-state index contributed by atoms with van der Waals surface area (Å²) in [6.07, 6.45) is 3.31. The second-order valence-corrected chi connectivity index (χ2v) is 8.26. The minimum absolute atomic E-state index is 0.189. The molecule has 0 unspecified atom stereocenters. The molecular formula is C16H13ClN2O2S2. The van der Waals surface area contributed by atoms with Crippen molar-refractivity contribution in [2.24, 2.45) is 0 Å². The van der Waals surface area contributed by atoms with E-state index in [1.54, 1.807) is 60.2 Å². The van der Waals surface area contributed by atoms with Crippen molar-refractivity contribution >= 4 is 38.6 Å². The third kappa shape index (κ3) is 3.55. The molecule has 0 aliphatic heterocycles. The van der Waals surface area contributed by atoms with Gasteiger partial charge in [-0.25, -0.2) is 8.42 Å². The van der Waals surface area contributed by atoms with Gasteiger partial charge >= 0.3 is 0 Å². The van der Waals surface area contributed by atoms with Gasteiger partial charge in [0.05, 0.1) is 12.2 Å².